The fourth-order valence-corrected chi connectivity index (χ4v) is 4.10. The molecule has 0 aliphatic heterocycles. The molecule has 0 heterocycles. The van der Waals surface area contributed by atoms with Crippen LogP contribution in [0.4, 0.5) is 0 Å². The highest BCUT2D eigenvalue weighted by molar-refractivity contribution is 5.29. The Morgan fingerprint density at radius 3 is 2.10 bits per heavy atom. The van der Waals surface area contributed by atoms with Gasteiger partial charge in [0.15, 0.2) is 0 Å². The lowest BCUT2D eigenvalue weighted by atomic mass is 9.62. The summed E-state index contributed by atoms with van der Waals surface area (Å²) in [5.74, 6) is 1.49. The zero-order valence-corrected chi connectivity index (χ0v) is 12.5. The molecule has 1 aliphatic rings. The van der Waals surface area contributed by atoms with Crippen LogP contribution in [0.3, 0.4) is 0 Å². The Balaban J connectivity index is 1.90. The van der Waals surface area contributed by atoms with Gasteiger partial charge in [0.25, 0.3) is 0 Å². The van der Waals surface area contributed by atoms with Crippen molar-refractivity contribution in [1.29, 1.82) is 0 Å². The Labute approximate surface area is 122 Å². The molecule has 0 heteroatoms. The van der Waals surface area contributed by atoms with E-state index in [4.69, 9.17) is 0 Å². The van der Waals surface area contributed by atoms with Crippen molar-refractivity contribution in [2.45, 2.75) is 44.4 Å². The zero-order valence-electron chi connectivity index (χ0n) is 12.5. The van der Waals surface area contributed by atoms with Crippen LogP contribution < -0.4 is 0 Å². The summed E-state index contributed by atoms with van der Waals surface area (Å²) in [6.45, 7) is 4.87. The van der Waals surface area contributed by atoms with Crippen LogP contribution >= 0.6 is 0 Å². The van der Waals surface area contributed by atoms with Gasteiger partial charge in [-0.3, -0.25) is 0 Å². The van der Waals surface area contributed by atoms with Gasteiger partial charge < -0.3 is 0 Å². The van der Waals surface area contributed by atoms with Crippen molar-refractivity contribution in [3.63, 3.8) is 0 Å². The summed E-state index contributed by atoms with van der Waals surface area (Å²) in [6, 6.07) is 22.2. The Hall–Kier alpha value is -1.56. The first kappa shape index (κ1) is 13.4. The van der Waals surface area contributed by atoms with Crippen molar-refractivity contribution in [3.8, 4) is 0 Å². The predicted octanol–water partition coefficient (Wildman–Crippen LogP) is 5.55. The maximum atomic E-state index is 2.45. The third-order valence-electron chi connectivity index (χ3n) is 4.92. The lowest BCUT2D eigenvalue weighted by Crippen LogP contribution is -2.32. The van der Waals surface area contributed by atoms with Gasteiger partial charge in [-0.2, -0.15) is 0 Å². The first-order valence-corrected chi connectivity index (χ1v) is 7.78. The molecule has 20 heavy (non-hydrogen) atoms. The summed E-state index contributed by atoms with van der Waals surface area (Å²) in [6.07, 6.45) is 3.90. The van der Waals surface area contributed by atoms with Crippen LogP contribution in [-0.4, -0.2) is 0 Å². The van der Waals surface area contributed by atoms with E-state index in [2.05, 4.69) is 74.5 Å². The van der Waals surface area contributed by atoms with E-state index in [1.807, 2.05) is 0 Å². The third kappa shape index (κ3) is 2.65. The number of hydrogen-bond donors (Lipinski definition) is 0. The fourth-order valence-electron chi connectivity index (χ4n) is 4.10. The van der Waals surface area contributed by atoms with Gasteiger partial charge in [0.2, 0.25) is 0 Å². The monoisotopic (exact) mass is 264 g/mol. The van der Waals surface area contributed by atoms with Crippen LogP contribution in [-0.2, 0) is 5.41 Å². The molecule has 0 spiro atoms. The average Bonchev–Trinajstić information content (AvgIpc) is 2.48. The van der Waals surface area contributed by atoms with Crippen molar-refractivity contribution in [2.75, 3.05) is 0 Å². The van der Waals surface area contributed by atoms with Gasteiger partial charge in [0.1, 0.15) is 0 Å². The first-order valence-electron chi connectivity index (χ1n) is 7.78. The summed E-state index contributed by atoms with van der Waals surface area (Å²) < 4.78 is 0. The molecule has 3 unspecified atom stereocenters. The third-order valence-corrected chi connectivity index (χ3v) is 4.92. The molecule has 2 aromatic rings. The van der Waals surface area contributed by atoms with E-state index in [1.54, 1.807) is 0 Å². The molecular weight excluding hydrogens is 240 g/mol. The largest absolute Gasteiger partial charge is 0.0625 e. The lowest BCUT2D eigenvalue weighted by molar-refractivity contribution is 0.224. The summed E-state index contributed by atoms with van der Waals surface area (Å²) in [5.41, 5.74) is 3.34. The molecule has 0 radical (unpaired) electrons. The zero-order chi connectivity index (χ0) is 14.0. The van der Waals surface area contributed by atoms with E-state index in [9.17, 15) is 0 Å². The van der Waals surface area contributed by atoms with Crippen LogP contribution in [0.25, 0.3) is 0 Å². The molecule has 0 aromatic heterocycles. The van der Waals surface area contributed by atoms with Crippen molar-refractivity contribution >= 4 is 0 Å². The molecule has 0 N–H and O–H groups in total. The topological polar surface area (TPSA) is 0 Å². The lowest BCUT2D eigenvalue weighted by Gasteiger charge is -2.42. The van der Waals surface area contributed by atoms with Crippen LogP contribution in [0, 0.1) is 5.92 Å². The molecule has 2 aromatic carbocycles. The molecule has 1 saturated carbocycles. The normalized spacial score (nSPS) is 30.1. The molecule has 0 saturated heterocycles. The van der Waals surface area contributed by atoms with Crippen molar-refractivity contribution < 1.29 is 0 Å². The average molecular weight is 264 g/mol. The summed E-state index contributed by atoms with van der Waals surface area (Å²) in [4.78, 5) is 0. The van der Waals surface area contributed by atoms with Gasteiger partial charge in [0, 0.05) is 0 Å². The van der Waals surface area contributed by atoms with Gasteiger partial charge in [-0.05, 0) is 47.6 Å². The Kier molecular flexibility index (Phi) is 3.65. The molecule has 0 bridgehead atoms. The quantitative estimate of drug-likeness (QED) is 0.667. The molecule has 104 valence electrons. The number of hydrogen-bond acceptors (Lipinski definition) is 0. The molecule has 3 rings (SSSR count). The fraction of sp³-hybridized carbons (Fsp3) is 0.400. The van der Waals surface area contributed by atoms with E-state index in [1.165, 1.54) is 30.4 Å². The minimum absolute atomic E-state index is 0.319. The Morgan fingerprint density at radius 2 is 1.45 bits per heavy atom. The molecule has 1 fully saturated rings. The predicted molar refractivity (Wildman–Crippen MR) is 86.0 cm³/mol. The second-order valence-electron chi connectivity index (χ2n) is 6.78. The summed E-state index contributed by atoms with van der Waals surface area (Å²) in [7, 11) is 0. The highest BCUT2D eigenvalue weighted by Crippen LogP contribution is 2.47. The second-order valence-corrected chi connectivity index (χ2v) is 6.78. The van der Waals surface area contributed by atoms with Crippen molar-refractivity contribution in [2.24, 2.45) is 5.92 Å². The van der Waals surface area contributed by atoms with Crippen LogP contribution in [0.5, 0.6) is 0 Å². The van der Waals surface area contributed by atoms with E-state index >= 15 is 0 Å². The molecular formula is C20H24. The van der Waals surface area contributed by atoms with E-state index in [-0.39, 0.29) is 0 Å². The minimum Gasteiger partial charge on any atom is -0.0625 e. The summed E-state index contributed by atoms with van der Waals surface area (Å²) in [5, 5.41) is 0. The van der Waals surface area contributed by atoms with Gasteiger partial charge in [0.05, 0.1) is 0 Å². The number of benzene rings is 2. The standard InChI is InChI=1S/C20H24/c1-16-13-18(17-9-5-3-6-10-17)15-20(2,14-16)19-11-7-4-8-12-19/h3-12,16,18H,13-15H2,1-2H3. The Bertz CT molecular complexity index is 543. The van der Waals surface area contributed by atoms with Gasteiger partial charge in [-0.15, -0.1) is 0 Å². The molecule has 0 amide bonds. The van der Waals surface area contributed by atoms with Gasteiger partial charge >= 0.3 is 0 Å². The van der Waals surface area contributed by atoms with Crippen LogP contribution in [0.15, 0.2) is 60.7 Å². The number of rotatable bonds is 2. The van der Waals surface area contributed by atoms with E-state index in [0.717, 1.165) is 5.92 Å². The molecule has 3 atom stereocenters. The van der Waals surface area contributed by atoms with Gasteiger partial charge in [-0.25, -0.2) is 0 Å². The minimum atomic E-state index is 0.319. The second kappa shape index (κ2) is 5.44. The SMILES string of the molecule is CC1CC(c2ccccc2)CC(C)(c2ccccc2)C1. The van der Waals surface area contributed by atoms with Crippen molar-refractivity contribution in [3.05, 3.63) is 71.8 Å². The smallest absolute Gasteiger partial charge is 0.00669 e. The molecule has 0 nitrogen and oxygen atoms in total. The first-order chi connectivity index (χ1) is 9.67. The van der Waals surface area contributed by atoms with E-state index in [0.29, 0.717) is 11.3 Å². The maximum absolute atomic E-state index is 2.45. The van der Waals surface area contributed by atoms with E-state index < -0.39 is 0 Å². The highest BCUT2D eigenvalue weighted by Gasteiger charge is 2.37. The van der Waals surface area contributed by atoms with Crippen LogP contribution in [0.1, 0.15) is 50.2 Å². The van der Waals surface area contributed by atoms with Gasteiger partial charge in [-0.1, -0.05) is 74.5 Å². The van der Waals surface area contributed by atoms with Crippen molar-refractivity contribution in [1.82, 2.24) is 0 Å². The maximum Gasteiger partial charge on any atom is -0.00669 e. The highest BCUT2D eigenvalue weighted by atomic mass is 14.4. The summed E-state index contributed by atoms with van der Waals surface area (Å²) >= 11 is 0. The van der Waals surface area contributed by atoms with Crippen LogP contribution in [0.2, 0.25) is 0 Å². The Morgan fingerprint density at radius 1 is 0.850 bits per heavy atom. The molecule has 1 aliphatic carbocycles.